The molecular weight excluding hydrogens is 411 g/mol. The van der Waals surface area contributed by atoms with Crippen LogP contribution in [-0.2, 0) is 22.0 Å². The Hall–Kier alpha value is -0.820. The number of hydrogen-bond donors (Lipinski definition) is 0. The maximum Gasteiger partial charge on any atom is 0.286 e. The van der Waals surface area contributed by atoms with E-state index >= 15 is 0 Å². The monoisotopic (exact) mass is 432 g/mol. The fourth-order valence-corrected chi connectivity index (χ4v) is 6.01. The quantitative estimate of drug-likeness (QED) is 0.669. The highest BCUT2D eigenvalue weighted by molar-refractivity contribution is 7.90. The Labute approximate surface area is 168 Å². The van der Waals surface area contributed by atoms with Gasteiger partial charge in [0.15, 0.2) is 0 Å². The van der Waals surface area contributed by atoms with E-state index in [2.05, 4.69) is 25.2 Å². The molecule has 142 valence electrons. The molecule has 26 heavy (non-hydrogen) atoms. The van der Waals surface area contributed by atoms with Crippen LogP contribution in [0.15, 0.2) is 27.5 Å². The van der Waals surface area contributed by atoms with Crippen molar-refractivity contribution in [1.29, 1.82) is 0 Å². The number of nitrogens with zero attached hydrogens (tertiary/aromatic N) is 2. The first-order valence-electron chi connectivity index (χ1n) is 8.46. The van der Waals surface area contributed by atoms with Gasteiger partial charge in [-0.15, -0.1) is 15.7 Å². The van der Waals surface area contributed by atoms with Crippen LogP contribution in [0, 0.1) is 12.8 Å². The van der Waals surface area contributed by atoms with Crippen molar-refractivity contribution >= 4 is 44.6 Å². The second-order valence-corrected chi connectivity index (χ2v) is 11.1. The van der Waals surface area contributed by atoms with Gasteiger partial charge in [0.05, 0.1) is 10.0 Å². The zero-order chi connectivity index (χ0) is 19.3. The van der Waals surface area contributed by atoms with Gasteiger partial charge in [-0.2, -0.15) is 8.42 Å². The molecule has 1 aliphatic rings. The number of benzene rings is 1. The van der Waals surface area contributed by atoms with E-state index in [-0.39, 0.29) is 20.4 Å². The molecule has 0 atom stereocenters. The Balaban J connectivity index is 2.19. The second-order valence-electron chi connectivity index (χ2n) is 7.72. The Morgan fingerprint density at radius 3 is 2.50 bits per heavy atom. The molecular formula is C18H22Cl2N2O2S2. The summed E-state index contributed by atoms with van der Waals surface area (Å²) in [7, 11) is -3.96. The van der Waals surface area contributed by atoms with Gasteiger partial charge in [0.1, 0.15) is 4.90 Å². The highest BCUT2D eigenvalue weighted by atomic mass is 35.5. The fraction of sp³-hybridized carbons (Fsp3) is 0.500. The Morgan fingerprint density at radius 2 is 1.92 bits per heavy atom. The van der Waals surface area contributed by atoms with Gasteiger partial charge in [-0.25, -0.2) is 0 Å². The SMILES string of the molecule is Cc1c(C(C)(C)C)s/c(=N\S(=O)(=O)c2cccc(Cl)c2Cl)n1CC1CC1. The van der Waals surface area contributed by atoms with Crippen LogP contribution in [0.3, 0.4) is 0 Å². The Kier molecular flexibility index (Phi) is 5.34. The topological polar surface area (TPSA) is 51.4 Å². The average Bonchev–Trinajstić information content (AvgIpc) is 3.28. The Morgan fingerprint density at radius 1 is 1.27 bits per heavy atom. The van der Waals surface area contributed by atoms with Crippen LogP contribution in [0.25, 0.3) is 0 Å². The van der Waals surface area contributed by atoms with E-state index in [4.69, 9.17) is 23.2 Å². The highest BCUT2D eigenvalue weighted by Gasteiger charge is 2.28. The average molecular weight is 433 g/mol. The van der Waals surface area contributed by atoms with Crippen molar-refractivity contribution in [3.05, 3.63) is 43.6 Å². The van der Waals surface area contributed by atoms with Crippen molar-refractivity contribution in [3.63, 3.8) is 0 Å². The number of sulfonamides is 1. The molecule has 4 nitrogen and oxygen atoms in total. The van der Waals surface area contributed by atoms with Crippen LogP contribution in [0.5, 0.6) is 0 Å². The van der Waals surface area contributed by atoms with Crippen LogP contribution in [0.2, 0.25) is 10.0 Å². The summed E-state index contributed by atoms with van der Waals surface area (Å²) in [5.74, 6) is 0.604. The number of rotatable bonds is 4. The zero-order valence-corrected chi connectivity index (χ0v) is 18.4. The second kappa shape index (κ2) is 6.97. The van der Waals surface area contributed by atoms with Crippen LogP contribution < -0.4 is 4.80 Å². The normalized spacial score (nSPS) is 16.3. The van der Waals surface area contributed by atoms with Crippen LogP contribution in [0.4, 0.5) is 0 Å². The molecule has 1 aromatic heterocycles. The minimum Gasteiger partial charge on any atom is -0.320 e. The van der Waals surface area contributed by atoms with Crippen LogP contribution in [-0.4, -0.2) is 13.0 Å². The Bertz CT molecular complexity index is 1010. The third kappa shape index (κ3) is 4.03. The fourth-order valence-electron chi connectivity index (χ4n) is 2.86. The molecule has 0 aliphatic heterocycles. The van der Waals surface area contributed by atoms with Gasteiger partial charge < -0.3 is 4.57 Å². The number of halogens is 2. The first-order valence-corrected chi connectivity index (χ1v) is 11.5. The first kappa shape index (κ1) is 19.9. The molecule has 0 N–H and O–H groups in total. The largest absolute Gasteiger partial charge is 0.320 e. The van der Waals surface area contributed by atoms with E-state index in [0.29, 0.717) is 10.7 Å². The van der Waals surface area contributed by atoms with E-state index in [1.54, 1.807) is 12.1 Å². The van der Waals surface area contributed by atoms with Gasteiger partial charge in [0.2, 0.25) is 4.80 Å². The molecule has 0 radical (unpaired) electrons. The lowest BCUT2D eigenvalue weighted by atomic mass is 9.93. The summed E-state index contributed by atoms with van der Waals surface area (Å²) in [6.07, 6.45) is 2.36. The van der Waals surface area contributed by atoms with Crippen molar-refractivity contribution < 1.29 is 8.42 Å². The molecule has 2 aromatic rings. The third-order valence-electron chi connectivity index (χ3n) is 4.37. The van der Waals surface area contributed by atoms with E-state index in [1.807, 2.05) is 11.5 Å². The molecule has 1 saturated carbocycles. The van der Waals surface area contributed by atoms with Crippen molar-refractivity contribution in [2.45, 2.75) is 57.4 Å². The summed E-state index contributed by atoms with van der Waals surface area (Å²) in [6, 6.07) is 4.56. The van der Waals surface area contributed by atoms with E-state index in [1.165, 1.54) is 30.2 Å². The van der Waals surface area contributed by atoms with Crippen molar-refractivity contribution in [2.75, 3.05) is 0 Å². The standard InChI is InChI=1S/C18H22Cl2N2O2S2/c1-11-16(18(2,3)4)25-17(22(11)10-12-8-9-12)21-26(23,24)14-7-5-6-13(19)15(14)20/h5-7,12H,8-10H2,1-4H3/b21-17-. The molecule has 1 heterocycles. The van der Waals surface area contributed by atoms with Gasteiger partial charge >= 0.3 is 0 Å². The predicted octanol–water partition coefficient (Wildman–Crippen LogP) is 5.16. The lowest BCUT2D eigenvalue weighted by molar-refractivity contribution is 0.562. The minimum atomic E-state index is -3.96. The maximum atomic E-state index is 12.9. The highest BCUT2D eigenvalue weighted by Crippen LogP contribution is 2.34. The number of thiazole rings is 1. The van der Waals surface area contributed by atoms with E-state index in [9.17, 15) is 8.42 Å². The van der Waals surface area contributed by atoms with Gasteiger partial charge in [0.25, 0.3) is 10.0 Å². The smallest absolute Gasteiger partial charge is 0.286 e. The van der Waals surface area contributed by atoms with Crippen LogP contribution in [0.1, 0.15) is 44.2 Å². The summed E-state index contributed by atoms with van der Waals surface area (Å²) in [5.41, 5.74) is 1.01. The molecule has 1 fully saturated rings. The van der Waals surface area contributed by atoms with Crippen LogP contribution >= 0.6 is 34.5 Å². The third-order valence-corrected chi connectivity index (χ3v) is 8.33. The number of hydrogen-bond acceptors (Lipinski definition) is 3. The molecule has 3 rings (SSSR count). The van der Waals surface area contributed by atoms with Crippen molar-refractivity contribution in [3.8, 4) is 0 Å². The molecule has 0 saturated heterocycles. The summed E-state index contributed by atoms with van der Waals surface area (Å²) in [5, 5.41) is 0.211. The molecule has 0 amide bonds. The molecule has 1 aliphatic carbocycles. The number of aromatic nitrogens is 1. The van der Waals surface area contributed by atoms with Gasteiger partial charge in [0, 0.05) is 17.1 Å². The molecule has 0 unspecified atom stereocenters. The van der Waals surface area contributed by atoms with Crippen molar-refractivity contribution in [2.24, 2.45) is 10.3 Å². The van der Waals surface area contributed by atoms with E-state index < -0.39 is 10.0 Å². The lowest BCUT2D eigenvalue weighted by Crippen LogP contribution is -2.20. The van der Waals surface area contributed by atoms with Gasteiger partial charge in [-0.1, -0.05) is 50.0 Å². The zero-order valence-electron chi connectivity index (χ0n) is 15.2. The maximum absolute atomic E-state index is 12.9. The molecule has 8 heteroatoms. The first-order chi connectivity index (χ1) is 12.0. The molecule has 1 aromatic carbocycles. The summed E-state index contributed by atoms with van der Waals surface area (Å²) >= 11 is 13.5. The molecule has 0 bridgehead atoms. The lowest BCUT2D eigenvalue weighted by Gasteiger charge is -2.17. The van der Waals surface area contributed by atoms with Gasteiger partial charge in [-0.3, -0.25) is 0 Å². The minimum absolute atomic E-state index is 0.0102. The summed E-state index contributed by atoms with van der Waals surface area (Å²) in [6.45, 7) is 9.21. The summed E-state index contributed by atoms with van der Waals surface area (Å²) < 4.78 is 32.0. The summed E-state index contributed by atoms with van der Waals surface area (Å²) in [4.78, 5) is 1.58. The van der Waals surface area contributed by atoms with Gasteiger partial charge in [-0.05, 0) is 43.2 Å². The van der Waals surface area contributed by atoms with E-state index in [0.717, 1.165) is 17.1 Å². The van der Waals surface area contributed by atoms with Crippen molar-refractivity contribution in [1.82, 2.24) is 4.57 Å². The molecule has 0 spiro atoms. The predicted molar refractivity (Wildman–Crippen MR) is 108 cm³/mol.